The molecule has 0 unspecified atom stereocenters. The summed E-state index contributed by atoms with van der Waals surface area (Å²) < 4.78 is 25.0. The van der Waals surface area contributed by atoms with Crippen molar-refractivity contribution < 1.29 is 13.3 Å². The molecular formula is C18H21N3O4S. The first-order chi connectivity index (χ1) is 12.2. The largest absolute Gasteiger partial charge is 0.276 e. The summed E-state index contributed by atoms with van der Waals surface area (Å²) in [5.41, 5.74) is 1.56. The quantitative estimate of drug-likeness (QED) is 0.453. The highest BCUT2D eigenvalue weighted by atomic mass is 32.2. The van der Waals surface area contributed by atoms with Gasteiger partial charge in [-0.25, -0.2) is 0 Å². The van der Waals surface area contributed by atoms with E-state index in [1.807, 2.05) is 44.2 Å². The van der Waals surface area contributed by atoms with E-state index in [4.69, 9.17) is 0 Å². The summed E-state index contributed by atoms with van der Waals surface area (Å²) in [7, 11) is -4.01. The molecule has 0 radical (unpaired) electrons. The standard InChI is InChI=1S/C18H21N3O4S/c1-13(2)11-17(15-7-5-4-6-8-15)19-20-26(24,25)16-10-9-14(3)18(12-16)21(22)23/h4-10,12-13,20H,11H2,1-3H3/b19-17-. The van der Waals surface area contributed by atoms with E-state index in [0.717, 1.165) is 11.6 Å². The van der Waals surface area contributed by atoms with Crippen molar-refractivity contribution in [3.63, 3.8) is 0 Å². The monoisotopic (exact) mass is 375 g/mol. The van der Waals surface area contributed by atoms with Crippen LogP contribution in [0.25, 0.3) is 0 Å². The molecule has 0 amide bonds. The summed E-state index contributed by atoms with van der Waals surface area (Å²) in [5.74, 6) is 0.277. The lowest BCUT2D eigenvalue weighted by Crippen LogP contribution is -2.21. The lowest BCUT2D eigenvalue weighted by Gasteiger charge is -2.11. The van der Waals surface area contributed by atoms with Crippen molar-refractivity contribution in [3.8, 4) is 0 Å². The minimum Gasteiger partial charge on any atom is -0.258 e. The van der Waals surface area contributed by atoms with Crippen LogP contribution in [0.1, 0.15) is 31.4 Å². The van der Waals surface area contributed by atoms with E-state index < -0.39 is 14.9 Å². The summed E-state index contributed by atoms with van der Waals surface area (Å²) >= 11 is 0. The minimum atomic E-state index is -4.01. The number of sulfonamides is 1. The van der Waals surface area contributed by atoms with Gasteiger partial charge < -0.3 is 0 Å². The van der Waals surface area contributed by atoms with Crippen LogP contribution in [0.2, 0.25) is 0 Å². The van der Waals surface area contributed by atoms with E-state index in [9.17, 15) is 18.5 Å². The lowest BCUT2D eigenvalue weighted by molar-refractivity contribution is -0.385. The first-order valence-electron chi connectivity index (χ1n) is 8.09. The molecule has 0 aliphatic carbocycles. The van der Waals surface area contributed by atoms with Gasteiger partial charge in [0.15, 0.2) is 0 Å². The molecule has 2 rings (SSSR count). The Morgan fingerprint density at radius 1 is 1.19 bits per heavy atom. The van der Waals surface area contributed by atoms with E-state index in [-0.39, 0.29) is 16.5 Å². The second-order valence-corrected chi connectivity index (χ2v) is 7.98. The molecule has 8 heteroatoms. The number of hydrazone groups is 1. The molecule has 26 heavy (non-hydrogen) atoms. The van der Waals surface area contributed by atoms with Crippen LogP contribution in [0, 0.1) is 23.0 Å². The molecule has 0 heterocycles. The highest BCUT2D eigenvalue weighted by Crippen LogP contribution is 2.22. The van der Waals surface area contributed by atoms with Crippen molar-refractivity contribution in [3.05, 3.63) is 69.8 Å². The number of nitro groups is 1. The van der Waals surface area contributed by atoms with Crippen molar-refractivity contribution >= 4 is 21.4 Å². The summed E-state index contributed by atoms with van der Waals surface area (Å²) in [5, 5.41) is 15.1. The first-order valence-corrected chi connectivity index (χ1v) is 9.58. The number of nitrogens with zero attached hydrogens (tertiary/aromatic N) is 2. The predicted molar refractivity (Wildman–Crippen MR) is 101 cm³/mol. The Morgan fingerprint density at radius 2 is 1.85 bits per heavy atom. The van der Waals surface area contributed by atoms with E-state index in [2.05, 4.69) is 9.93 Å². The molecular weight excluding hydrogens is 354 g/mol. The van der Waals surface area contributed by atoms with Crippen LogP contribution in [0.5, 0.6) is 0 Å². The zero-order valence-electron chi connectivity index (χ0n) is 14.8. The van der Waals surface area contributed by atoms with Gasteiger partial charge in [0.2, 0.25) is 0 Å². The summed E-state index contributed by atoms with van der Waals surface area (Å²) in [6.45, 7) is 5.57. The second kappa shape index (κ2) is 8.09. The Kier molecular flexibility index (Phi) is 6.10. The van der Waals surface area contributed by atoms with Crippen molar-refractivity contribution in [1.82, 2.24) is 4.83 Å². The normalized spacial score (nSPS) is 12.2. The molecule has 0 fully saturated rings. The maximum Gasteiger partial charge on any atom is 0.276 e. The number of benzene rings is 2. The molecule has 0 aromatic heterocycles. The highest BCUT2D eigenvalue weighted by Gasteiger charge is 2.20. The highest BCUT2D eigenvalue weighted by molar-refractivity contribution is 7.89. The van der Waals surface area contributed by atoms with Crippen molar-refractivity contribution in [1.29, 1.82) is 0 Å². The van der Waals surface area contributed by atoms with Crippen LogP contribution >= 0.6 is 0 Å². The number of hydrogen-bond donors (Lipinski definition) is 1. The fourth-order valence-electron chi connectivity index (χ4n) is 2.37. The molecule has 0 aliphatic rings. The molecule has 2 aromatic rings. The number of aryl methyl sites for hydroxylation is 1. The van der Waals surface area contributed by atoms with Gasteiger partial charge >= 0.3 is 0 Å². The van der Waals surface area contributed by atoms with E-state index in [1.54, 1.807) is 6.92 Å². The predicted octanol–water partition coefficient (Wildman–Crippen LogP) is 3.63. The van der Waals surface area contributed by atoms with Crippen molar-refractivity contribution in [2.24, 2.45) is 11.0 Å². The molecule has 2 aromatic carbocycles. The zero-order chi connectivity index (χ0) is 19.3. The fraction of sp³-hybridized carbons (Fsp3) is 0.278. The van der Waals surface area contributed by atoms with Gasteiger partial charge in [-0.3, -0.25) is 10.1 Å². The van der Waals surface area contributed by atoms with Gasteiger partial charge in [0, 0.05) is 11.6 Å². The van der Waals surface area contributed by atoms with Crippen LogP contribution < -0.4 is 4.83 Å². The zero-order valence-corrected chi connectivity index (χ0v) is 15.7. The van der Waals surface area contributed by atoms with Gasteiger partial charge in [0.05, 0.1) is 15.5 Å². The summed E-state index contributed by atoms with van der Waals surface area (Å²) in [6, 6.07) is 13.0. The molecule has 0 aliphatic heterocycles. The van der Waals surface area contributed by atoms with E-state index in [0.29, 0.717) is 17.7 Å². The van der Waals surface area contributed by atoms with Gasteiger partial charge in [-0.2, -0.15) is 18.4 Å². The third kappa shape index (κ3) is 4.89. The Hall–Kier alpha value is -2.74. The number of nitro benzene ring substituents is 1. The van der Waals surface area contributed by atoms with E-state index in [1.165, 1.54) is 12.1 Å². The number of hydrogen-bond acceptors (Lipinski definition) is 5. The van der Waals surface area contributed by atoms with Crippen molar-refractivity contribution in [2.45, 2.75) is 32.1 Å². The Morgan fingerprint density at radius 3 is 2.42 bits per heavy atom. The van der Waals surface area contributed by atoms with Gasteiger partial charge in [-0.15, -0.1) is 0 Å². The molecule has 0 saturated heterocycles. The molecule has 0 saturated carbocycles. The SMILES string of the molecule is Cc1ccc(S(=O)(=O)N/N=C(/CC(C)C)c2ccccc2)cc1[N+](=O)[O-]. The van der Waals surface area contributed by atoms with Gasteiger partial charge in [0.1, 0.15) is 0 Å². The van der Waals surface area contributed by atoms with Crippen LogP contribution in [0.3, 0.4) is 0 Å². The molecule has 138 valence electrons. The van der Waals surface area contributed by atoms with Crippen molar-refractivity contribution in [2.75, 3.05) is 0 Å². The maximum atomic E-state index is 12.5. The Bertz CT molecular complexity index is 923. The Labute approximate surface area is 153 Å². The van der Waals surface area contributed by atoms with Crippen LogP contribution in [0.15, 0.2) is 58.5 Å². The molecule has 0 bridgehead atoms. The third-order valence-electron chi connectivity index (χ3n) is 3.70. The van der Waals surface area contributed by atoms with Crippen LogP contribution in [-0.2, 0) is 10.0 Å². The average Bonchev–Trinajstić information content (AvgIpc) is 2.59. The molecule has 1 N–H and O–H groups in total. The lowest BCUT2D eigenvalue weighted by atomic mass is 10.0. The van der Waals surface area contributed by atoms with Gasteiger partial charge in [0.25, 0.3) is 15.7 Å². The second-order valence-electron chi connectivity index (χ2n) is 6.32. The minimum absolute atomic E-state index is 0.199. The summed E-state index contributed by atoms with van der Waals surface area (Å²) in [4.78, 5) is 12.4. The third-order valence-corrected chi connectivity index (χ3v) is 4.90. The molecule has 7 nitrogen and oxygen atoms in total. The first kappa shape index (κ1) is 19.6. The molecule has 0 spiro atoms. The smallest absolute Gasteiger partial charge is 0.258 e. The van der Waals surface area contributed by atoms with Crippen LogP contribution in [-0.4, -0.2) is 19.1 Å². The topological polar surface area (TPSA) is 102 Å². The number of nitrogens with one attached hydrogen (secondary N) is 1. The average molecular weight is 375 g/mol. The van der Waals surface area contributed by atoms with Gasteiger partial charge in [-0.05, 0) is 30.9 Å². The fourth-order valence-corrected chi connectivity index (χ4v) is 3.22. The Balaban J connectivity index is 2.36. The van der Waals surface area contributed by atoms with Crippen LogP contribution in [0.4, 0.5) is 5.69 Å². The number of rotatable bonds is 7. The summed E-state index contributed by atoms with van der Waals surface area (Å²) in [6.07, 6.45) is 0.584. The maximum absolute atomic E-state index is 12.5. The van der Waals surface area contributed by atoms with Gasteiger partial charge in [-0.1, -0.05) is 50.2 Å². The molecule has 0 atom stereocenters. The van der Waals surface area contributed by atoms with E-state index >= 15 is 0 Å².